The van der Waals surface area contributed by atoms with Crippen LogP contribution in [0.1, 0.15) is 26.7 Å². The van der Waals surface area contributed by atoms with Gasteiger partial charge in [0.15, 0.2) is 0 Å². The predicted octanol–water partition coefficient (Wildman–Crippen LogP) is 2.38. The second kappa shape index (κ2) is 9.85. The first-order valence-corrected chi connectivity index (χ1v) is 5.43. The lowest BCUT2D eigenvalue weighted by atomic mass is 10.4. The molecule has 3 nitrogen and oxygen atoms in total. The zero-order valence-corrected chi connectivity index (χ0v) is 9.10. The van der Waals surface area contributed by atoms with Crippen molar-refractivity contribution in [1.29, 1.82) is 5.26 Å². The molecule has 13 heavy (non-hydrogen) atoms. The van der Waals surface area contributed by atoms with Crippen LogP contribution in [0.5, 0.6) is 0 Å². The van der Waals surface area contributed by atoms with Gasteiger partial charge in [-0.05, 0) is 25.1 Å². The maximum absolute atomic E-state index is 8.31. The van der Waals surface area contributed by atoms with E-state index in [1.807, 2.05) is 12.3 Å². The van der Waals surface area contributed by atoms with Crippen molar-refractivity contribution in [3.63, 3.8) is 0 Å². The Hall–Kier alpha value is -0.240. The Kier molecular flexibility index (Phi) is 9.66. The molecule has 0 aliphatic heterocycles. The lowest BCUT2D eigenvalue weighted by Gasteiger charge is -2.08. The van der Waals surface area contributed by atoms with Gasteiger partial charge < -0.3 is 9.47 Å². The molecule has 0 heterocycles. The number of hydrogen-bond acceptors (Lipinski definition) is 4. The summed E-state index contributed by atoms with van der Waals surface area (Å²) in [5, 5.41) is 10.3. The van der Waals surface area contributed by atoms with Gasteiger partial charge >= 0.3 is 0 Å². The van der Waals surface area contributed by atoms with E-state index in [-0.39, 0.29) is 5.44 Å². The summed E-state index contributed by atoms with van der Waals surface area (Å²) in [6.07, 6.45) is 2.25. The van der Waals surface area contributed by atoms with E-state index in [2.05, 4.69) is 6.92 Å². The first-order chi connectivity index (χ1) is 6.31. The van der Waals surface area contributed by atoms with Crippen LogP contribution in [0.25, 0.3) is 0 Å². The van der Waals surface area contributed by atoms with Crippen molar-refractivity contribution < 1.29 is 9.47 Å². The van der Waals surface area contributed by atoms with Crippen molar-refractivity contribution in [1.82, 2.24) is 0 Å². The monoisotopic (exact) mass is 203 g/mol. The summed E-state index contributed by atoms with van der Waals surface area (Å²) < 4.78 is 10.6. The minimum absolute atomic E-state index is 0.0558. The number of rotatable bonds is 8. The number of thiocyanates is 1. The normalized spacial score (nSPS) is 12.4. The summed E-state index contributed by atoms with van der Waals surface area (Å²) in [7, 11) is 0. The van der Waals surface area contributed by atoms with Crippen LogP contribution in [-0.4, -0.2) is 25.3 Å². The van der Waals surface area contributed by atoms with E-state index in [4.69, 9.17) is 14.7 Å². The number of ether oxygens (including phenoxy) is 2. The van der Waals surface area contributed by atoms with E-state index in [0.29, 0.717) is 13.2 Å². The van der Waals surface area contributed by atoms with Crippen molar-refractivity contribution >= 4 is 11.8 Å². The van der Waals surface area contributed by atoms with Crippen molar-refractivity contribution in [3.8, 4) is 5.40 Å². The molecule has 0 saturated heterocycles. The number of unbranched alkanes of at least 4 members (excludes halogenated alkanes) is 1. The Morgan fingerprint density at radius 3 is 2.77 bits per heavy atom. The van der Waals surface area contributed by atoms with Crippen LogP contribution in [0.15, 0.2) is 0 Å². The average molecular weight is 203 g/mol. The Morgan fingerprint density at radius 1 is 1.38 bits per heavy atom. The summed E-state index contributed by atoms with van der Waals surface area (Å²) in [4.78, 5) is 0. The molecule has 0 rings (SSSR count). The fraction of sp³-hybridized carbons (Fsp3) is 0.889. The van der Waals surface area contributed by atoms with Gasteiger partial charge in [-0.15, -0.1) is 0 Å². The molecular weight excluding hydrogens is 186 g/mol. The average Bonchev–Trinajstić information content (AvgIpc) is 2.11. The lowest BCUT2D eigenvalue weighted by Crippen LogP contribution is -2.09. The van der Waals surface area contributed by atoms with Crippen LogP contribution in [-0.2, 0) is 9.47 Å². The highest BCUT2D eigenvalue weighted by Gasteiger charge is 2.00. The Bertz CT molecular complexity index is 147. The molecule has 4 heteroatoms. The number of nitrogens with zero attached hydrogens (tertiary/aromatic N) is 1. The summed E-state index contributed by atoms with van der Waals surface area (Å²) in [5.41, 5.74) is -0.0558. The summed E-state index contributed by atoms with van der Waals surface area (Å²) >= 11 is 1.13. The number of nitriles is 1. The smallest absolute Gasteiger partial charge is 0.136 e. The van der Waals surface area contributed by atoms with E-state index in [1.165, 1.54) is 0 Å². The molecule has 0 saturated carbocycles. The first kappa shape index (κ1) is 12.8. The molecule has 0 aliphatic carbocycles. The van der Waals surface area contributed by atoms with Crippen LogP contribution < -0.4 is 0 Å². The second-order valence-electron chi connectivity index (χ2n) is 2.61. The molecule has 0 radical (unpaired) electrons. The third-order valence-corrected chi connectivity index (χ3v) is 2.01. The van der Waals surface area contributed by atoms with E-state index >= 15 is 0 Å². The van der Waals surface area contributed by atoms with Gasteiger partial charge in [0.05, 0.1) is 13.2 Å². The van der Waals surface area contributed by atoms with Gasteiger partial charge in [-0.1, -0.05) is 13.3 Å². The van der Waals surface area contributed by atoms with Gasteiger partial charge in [-0.2, -0.15) is 5.26 Å². The van der Waals surface area contributed by atoms with Gasteiger partial charge in [0.25, 0.3) is 0 Å². The first-order valence-electron chi connectivity index (χ1n) is 4.55. The highest BCUT2D eigenvalue weighted by molar-refractivity contribution is 8.04. The van der Waals surface area contributed by atoms with Crippen LogP contribution in [0, 0.1) is 10.7 Å². The van der Waals surface area contributed by atoms with Crippen molar-refractivity contribution in [3.05, 3.63) is 0 Å². The zero-order chi connectivity index (χ0) is 9.94. The molecule has 1 unspecified atom stereocenters. The SMILES string of the molecule is CCCCOCCOC(C)SC#N. The van der Waals surface area contributed by atoms with E-state index < -0.39 is 0 Å². The van der Waals surface area contributed by atoms with Crippen molar-refractivity contribution in [2.75, 3.05) is 19.8 Å². The Morgan fingerprint density at radius 2 is 2.15 bits per heavy atom. The van der Waals surface area contributed by atoms with E-state index in [0.717, 1.165) is 31.2 Å². The molecule has 0 N–H and O–H groups in total. The lowest BCUT2D eigenvalue weighted by molar-refractivity contribution is 0.0418. The predicted molar refractivity (Wildman–Crippen MR) is 54.3 cm³/mol. The van der Waals surface area contributed by atoms with Gasteiger partial charge in [0, 0.05) is 6.61 Å². The summed E-state index contributed by atoms with van der Waals surface area (Å²) in [6, 6.07) is 0. The molecule has 0 aromatic heterocycles. The molecule has 0 aromatic carbocycles. The van der Waals surface area contributed by atoms with Crippen molar-refractivity contribution in [2.24, 2.45) is 0 Å². The largest absolute Gasteiger partial charge is 0.379 e. The fourth-order valence-corrected chi connectivity index (χ4v) is 1.04. The summed E-state index contributed by atoms with van der Waals surface area (Å²) in [5.74, 6) is 0. The van der Waals surface area contributed by atoms with Crippen LogP contribution in [0.2, 0.25) is 0 Å². The quantitative estimate of drug-likeness (QED) is 0.345. The van der Waals surface area contributed by atoms with Gasteiger partial charge in [-0.25, -0.2) is 0 Å². The highest BCUT2D eigenvalue weighted by atomic mass is 32.2. The Labute approximate surface area is 84.4 Å². The molecule has 1 atom stereocenters. The maximum atomic E-state index is 8.31. The number of thioether (sulfide) groups is 1. The Balaban J connectivity index is 3.03. The fourth-order valence-electron chi connectivity index (χ4n) is 0.730. The molecule has 76 valence electrons. The second-order valence-corrected chi connectivity index (χ2v) is 3.70. The van der Waals surface area contributed by atoms with Crippen LogP contribution in [0.4, 0.5) is 0 Å². The molecule has 0 bridgehead atoms. The highest BCUT2D eigenvalue weighted by Crippen LogP contribution is 2.08. The third kappa shape index (κ3) is 9.68. The standard InChI is InChI=1S/C9H17NO2S/c1-3-4-5-11-6-7-12-9(2)13-8-10/h9H,3-7H2,1-2H3. The van der Waals surface area contributed by atoms with Crippen molar-refractivity contribution in [2.45, 2.75) is 32.1 Å². The minimum Gasteiger partial charge on any atom is -0.379 e. The van der Waals surface area contributed by atoms with Crippen LogP contribution >= 0.6 is 11.8 Å². The topological polar surface area (TPSA) is 42.2 Å². The summed E-state index contributed by atoms with van der Waals surface area (Å²) in [6.45, 7) is 5.99. The zero-order valence-electron chi connectivity index (χ0n) is 8.28. The molecule has 0 amide bonds. The third-order valence-electron chi connectivity index (χ3n) is 1.44. The van der Waals surface area contributed by atoms with Gasteiger partial charge in [-0.3, -0.25) is 0 Å². The molecule has 0 fully saturated rings. The molecule has 0 aliphatic rings. The van der Waals surface area contributed by atoms with E-state index in [9.17, 15) is 0 Å². The molecule has 0 aromatic rings. The van der Waals surface area contributed by atoms with Crippen LogP contribution in [0.3, 0.4) is 0 Å². The van der Waals surface area contributed by atoms with Gasteiger partial charge in [0.1, 0.15) is 10.8 Å². The minimum atomic E-state index is -0.0558. The van der Waals surface area contributed by atoms with Gasteiger partial charge in [0.2, 0.25) is 0 Å². The molecular formula is C9H17NO2S. The maximum Gasteiger partial charge on any atom is 0.136 e. The van der Waals surface area contributed by atoms with E-state index in [1.54, 1.807) is 0 Å². The molecule has 0 spiro atoms. The number of hydrogen-bond donors (Lipinski definition) is 0.